The zero-order chi connectivity index (χ0) is 12.0. The zero-order valence-corrected chi connectivity index (χ0v) is 10.9. The quantitative estimate of drug-likeness (QED) is 0.601. The molecule has 0 fully saturated rings. The van der Waals surface area contributed by atoms with Crippen molar-refractivity contribution in [3.63, 3.8) is 0 Å². The molecular formula is C12H12N2S2. The number of benzene rings is 1. The summed E-state index contributed by atoms with van der Waals surface area (Å²) in [4.78, 5) is 7.90. The predicted octanol–water partition coefficient (Wildman–Crippen LogP) is 3.51. The van der Waals surface area contributed by atoms with Gasteiger partial charge in [0.1, 0.15) is 0 Å². The van der Waals surface area contributed by atoms with E-state index >= 15 is 0 Å². The molecule has 0 aliphatic heterocycles. The van der Waals surface area contributed by atoms with Crippen LogP contribution in [0.5, 0.6) is 0 Å². The summed E-state index contributed by atoms with van der Waals surface area (Å²) in [6.07, 6.45) is 0. The van der Waals surface area contributed by atoms with Gasteiger partial charge >= 0.3 is 0 Å². The van der Waals surface area contributed by atoms with Gasteiger partial charge in [0.15, 0.2) is 0 Å². The van der Waals surface area contributed by atoms with E-state index in [-0.39, 0.29) is 0 Å². The summed E-state index contributed by atoms with van der Waals surface area (Å²) in [5.41, 5.74) is 4.72. The van der Waals surface area contributed by atoms with Crippen molar-refractivity contribution in [3.8, 4) is 0 Å². The molecular weight excluding hydrogens is 236 g/mol. The Hall–Kier alpha value is -1.18. The van der Waals surface area contributed by atoms with Gasteiger partial charge in [0.05, 0.1) is 23.4 Å². The summed E-state index contributed by atoms with van der Waals surface area (Å²) in [6.45, 7) is 5.27. The first kappa shape index (κ1) is 12.9. The van der Waals surface area contributed by atoms with Crippen molar-refractivity contribution < 1.29 is 0 Å². The first-order chi connectivity index (χ1) is 7.69. The Kier molecular flexibility index (Phi) is 5.17. The van der Waals surface area contributed by atoms with Gasteiger partial charge in [0.2, 0.25) is 0 Å². The van der Waals surface area contributed by atoms with E-state index in [4.69, 9.17) is 0 Å². The molecule has 2 nitrogen and oxygen atoms in total. The molecule has 0 atom stereocenters. The van der Waals surface area contributed by atoms with Gasteiger partial charge in [0, 0.05) is 0 Å². The lowest BCUT2D eigenvalue weighted by Gasteiger charge is -2.08. The molecule has 0 aromatic heterocycles. The van der Waals surface area contributed by atoms with Crippen LogP contribution in [0.2, 0.25) is 0 Å². The average molecular weight is 248 g/mol. The van der Waals surface area contributed by atoms with Crippen LogP contribution in [-0.4, -0.2) is 10.3 Å². The van der Waals surface area contributed by atoms with Crippen LogP contribution in [0.3, 0.4) is 0 Å². The van der Waals surface area contributed by atoms with Gasteiger partial charge in [-0.15, -0.1) is 0 Å². The molecule has 1 rings (SSSR count). The molecule has 0 N–H and O–H groups in total. The molecule has 0 amide bonds. The van der Waals surface area contributed by atoms with Crippen LogP contribution in [-0.2, 0) is 13.1 Å². The lowest BCUT2D eigenvalue weighted by Crippen LogP contribution is -1.94. The van der Waals surface area contributed by atoms with Crippen molar-refractivity contribution in [1.82, 2.24) is 0 Å². The van der Waals surface area contributed by atoms with Gasteiger partial charge in [-0.25, -0.2) is 9.98 Å². The van der Waals surface area contributed by atoms with Gasteiger partial charge < -0.3 is 0 Å². The average Bonchev–Trinajstić information content (AvgIpc) is 2.26. The SMILES string of the molecule is Cc1cc(C)c(CN=C=S)cc1CN=C=S. The van der Waals surface area contributed by atoms with Crippen LogP contribution in [0.4, 0.5) is 0 Å². The minimum absolute atomic E-state index is 0.573. The van der Waals surface area contributed by atoms with Gasteiger partial charge in [-0.2, -0.15) is 0 Å². The number of isothiocyanates is 2. The fraction of sp³-hybridized carbons (Fsp3) is 0.333. The molecule has 0 aliphatic rings. The molecule has 0 heterocycles. The van der Waals surface area contributed by atoms with E-state index in [2.05, 4.69) is 70.7 Å². The Balaban J connectivity index is 3.09. The molecule has 82 valence electrons. The Labute approximate surface area is 106 Å². The minimum Gasteiger partial charge on any atom is -0.228 e. The van der Waals surface area contributed by atoms with E-state index in [0.717, 1.165) is 11.1 Å². The summed E-state index contributed by atoms with van der Waals surface area (Å²) < 4.78 is 0. The number of hydrogen-bond donors (Lipinski definition) is 0. The van der Waals surface area contributed by atoms with Gasteiger partial charge in [-0.05, 0) is 60.5 Å². The highest BCUT2D eigenvalue weighted by Gasteiger charge is 2.03. The highest BCUT2D eigenvalue weighted by molar-refractivity contribution is 7.78. The van der Waals surface area contributed by atoms with Crippen LogP contribution in [0, 0.1) is 13.8 Å². The normalized spacial score (nSPS) is 9.12. The molecule has 0 unspecified atom stereocenters. The number of nitrogens with zero attached hydrogens (tertiary/aromatic N) is 2. The molecule has 4 heteroatoms. The largest absolute Gasteiger partial charge is 0.228 e. The summed E-state index contributed by atoms with van der Waals surface area (Å²) >= 11 is 9.13. The second-order valence-electron chi connectivity index (χ2n) is 3.52. The maximum Gasteiger partial charge on any atom is 0.0746 e. The molecule has 0 aliphatic carbocycles. The smallest absolute Gasteiger partial charge is 0.0746 e. The topological polar surface area (TPSA) is 24.7 Å². The predicted molar refractivity (Wildman–Crippen MR) is 73.4 cm³/mol. The van der Waals surface area contributed by atoms with Crippen molar-refractivity contribution >= 4 is 34.8 Å². The first-order valence-electron chi connectivity index (χ1n) is 4.85. The molecule has 1 aromatic rings. The fourth-order valence-electron chi connectivity index (χ4n) is 1.52. The number of rotatable bonds is 4. The molecule has 1 aromatic carbocycles. The highest BCUT2D eigenvalue weighted by atomic mass is 32.1. The van der Waals surface area contributed by atoms with Crippen LogP contribution >= 0.6 is 24.4 Å². The standard InChI is InChI=1S/C12H12N2S2/c1-9-3-10(2)12(6-14-8-16)4-11(9)5-13-7-15/h3-4H,5-6H2,1-2H3. The Morgan fingerprint density at radius 2 is 1.38 bits per heavy atom. The Morgan fingerprint density at radius 3 is 1.75 bits per heavy atom. The minimum atomic E-state index is 0.573. The van der Waals surface area contributed by atoms with E-state index < -0.39 is 0 Å². The number of aliphatic imine (C=N–C) groups is 2. The molecule has 0 saturated carbocycles. The maximum absolute atomic E-state index is 4.56. The van der Waals surface area contributed by atoms with Crippen LogP contribution in [0.1, 0.15) is 22.3 Å². The molecule has 0 bridgehead atoms. The number of hydrogen-bond acceptors (Lipinski definition) is 4. The van der Waals surface area contributed by atoms with E-state index in [1.54, 1.807) is 0 Å². The van der Waals surface area contributed by atoms with Crippen molar-refractivity contribution in [1.29, 1.82) is 0 Å². The third-order valence-electron chi connectivity index (χ3n) is 2.42. The lowest BCUT2D eigenvalue weighted by molar-refractivity contribution is 1.01. The fourth-order valence-corrected chi connectivity index (χ4v) is 1.65. The second kappa shape index (κ2) is 6.41. The highest BCUT2D eigenvalue weighted by Crippen LogP contribution is 2.17. The molecule has 16 heavy (non-hydrogen) atoms. The summed E-state index contributed by atoms with van der Waals surface area (Å²) in [5, 5.41) is 4.75. The van der Waals surface area contributed by atoms with Crippen molar-refractivity contribution in [3.05, 3.63) is 34.4 Å². The third kappa shape index (κ3) is 3.44. The van der Waals surface area contributed by atoms with E-state index in [1.807, 2.05) is 0 Å². The maximum atomic E-state index is 4.56. The van der Waals surface area contributed by atoms with Gasteiger partial charge in [0.25, 0.3) is 0 Å². The van der Waals surface area contributed by atoms with Crippen molar-refractivity contribution in [2.75, 3.05) is 0 Å². The first-order valence-corrected chi connectivity index (χ1v) is 5.67. The Morgan fingerprint density at radius 1 is 0.938 bits per heavy atom. The van der Waals surface area contributed by atoms with Crippen molar-refractivity contribution in [2.24, 2.45) is 9.98 Å². The van der Waals surface area contributed by atoms with E-state index in [1.165, 1.54) is 11.1 Å². The third-order valence-corrected chi connectivity index (χ3v) is 2.68. The van der Waals surface area contributed by atoms with Gasteiger partial charge in [-0.1, -0.05) is 12.1 Å². The van der Waals surface area contributed by atoms with Gasteiger partial charge in [-0.3, -0.25) is 0 Å². The Bertz CT molecular complexity index is 441. The van der Waals surface area contributed by atoms with Crippen LogP contribution in [0.25, 0.3) is 0 Å². The zero-order valence-electron chi connectivity index (χ0n) is 9.28. The summed E-state index contributed by atoms with van der Waals surface area (Å²) in [7, 11) is 0. The van der Waals surface area contributed by atoms with E-state index in [0.29, 0.717) is 13.1 Å². The second-order valence-corrected chi connectivity index (χ2v) is 3.89. The summed E-state index contributed by atoms with van der Waals surface area (Å²) in [5.74, 6) is 0. The molecule has 0 radical (unpaired) electrons. The molecule has 0 saturated heterocycles. The number of aryl methyl sites for hydroxylation is 2. The van der Waals surface area contributed by atoms with Crippen LogP contribution < -0.4 is 0 Å². The monoisotopic (exact) mass is 248 g/mol. The number of thiocarbonyl (C=S) groups is 2. The summed E-state index contributed by atoms with van der Waals surface area (Å²) in [6, 6.07) is 4.22. The van der Waals surface area contributed by atoms with Crippen molar-refractivity contribution in [2.45, 2.75) is 26.9 Å². The lowest BCUT2D eigenvalue weighted by atomic mass is 10.00. The van der Waals surface area contributed by atoms with E-state index in [9.17, 15) is 0 Å². The molecule has 0 spiro atoms. The van der Waals surface area contributed by atoms with Crippen LogP contribution in [0.15, 0.2) is 22.1 Å².